The molecule has 0 spiro atoms. The molecule has 0 aliphatic carbocycles. The highest BCUT2D eigenvalue weighted by atomic mass is 127. The average Bonchev–Trinajstić information content (AvgIpc) is 1.82. The summed E-state index contributed by atoms with van der Waals surface area (Å²) >= 11 is 5.89. The Morgan fingerprint density at radius 3 is 2.23 bits per heavy atom. The first-order valence-electron chi connectivity index (χ1n) is 4.72. The largest absolute Gasteiger partial charge is 0.365 e. The molecule has 0 fully saturated rings. The molecule has 0 bridgehead atoms. The Kier molecular flexibility index (Phi) is 6.44. The summed E-state index contributed by atoms with van der Waals surface area (Å²) in [4.78, 5) is 0. The van der Waals surface area contributed by atoms with Gasteiger partial charge in [-0.1, -0.05) is 29.8 Å². The van der Waals surface area contributed by atoms with Crippen molar-refractivity contribution in [3.8, 4) is 0 Å². The third-order valence-electron chi connectivity index (χ3n) is 2.01. The van der Waals surface area contributed by atoms with E-state index >= 15 is 0 Å². The van der Waals surface area contributed by atoms with Gasteiger partial charge in [0.1, 0.15) is 3.61 Å². The molecule has 0 aliphatic heterocycles. The number of alkyl halides is 2. The van der Waals surface area contributed by atoms with Crippen LogP contribution >= 0.6 is 38.5 Å². The maximum atomic E-state index is 5.68. The number of hydrogen-bond acceptors (Lipinski definition) is 1. The van der Waals surface area contributed by atoms with Gasteiger partial charge in [-0.15, -0.1) is 0 Å². The quantitative estimate of drug-likeness (QED) is 0.503. The zero-order valence-electron chi connectivity index (χ0n) is 8.99. The molecular weight excluding hydrogens is 343 g/mol. The third kappa shape index (κ3) is 7.14. The highest BCUT2D eigenvalue weighted by Crippen LogP contribution is 2.37. The van der Waals surface area contributed by atoms with E-state index in [1.54, 1.807) is 0 Å². The van der Waals surface area contributed by atoms with Crippen LogP contribution < -0.4 is 0 Å². The Morgan fingerprint density at radius 1 is 1.31 bits per heavy atom. The molecule has 0 heterocycles. The summed E-state index contributed by atoms with van der Waals surface area (Å²) in [6, 6.07) is 0. The molecule has 80 valence electrons. The standard InChI is InChI=1S/C10H20BrIO/c1-5-13-10(4,12)8-9(2,3)6-7-11/h5-8H2,1-4H3. The predicted molar refractivity (Wildman–Crippen MR) is 70.9 cm³/mol. The smallest absolute Gasteiger partial charge is 0.116 e. The van der Waals surface area contributed by atoms with Gasteiger partial charge < -0.3 is 4.74 Å². The van der Waals surface area contributed by atoms with Crippen molar-refractivity contribution in [3.05, 3.63) is 0 Å². The summed E-state index contributed by atoms with van der Waals surface area (Å²) in [5.41, 5.74) is 0.356. The van der Waals surface area contributed by atoms with Crippen LogP contribution in [0.2, 0.25) is 0 Å². The average molecular weight is 363 g/mol. The Hall–Kier alpha value is 1.17. The minimum Gasteiger partial charge on any atom is -0.365 e. The van der Waals surface area contributed by atoms with Gasteiger partial charge in [-0.3, -0.25) is 0 Å². The molecular formula is C10H20BrIO. The highest BCUT2D eigenvalue weighted by Gasteiger charge is 2.29. The number of halogens is 2. The molecule has 0 rings (SSSR count). The van der Waals surface area contributed by atoms with Crippen LogP contribution in [0.1, 0.15) is 40.5 Å². The Balaban J connectivity index is 4.07. The summed E-state index contributed by atoms with van der Waals surface area (Å²) in [5, 5.41) is 1.07. The molecule has 0 aromatic carbocycles. The van der Waals surface area contributed by atoms with Crippen LogP contribution in [0.4, 0.5) is 0 Å². The lowest BCUT2D eigenvalue weighted by Gasteiger charge is -2.33. The Bertz CT molecular complexity index is 130. The molecule has 13 heavy (non-hydrogen) atoms. The van der Waals surface area contributed by atoms with E-state index in [4.69, 9.17) is 4.74 Å². The van der Waals surface area contributed by atoms with Gasteiger partial charge in [0.2, 0.25) is 0 Å². The van der Waals surface area contributed by atoms with Crippen molar-refractivity contribution in [2.45, 2.75) is 44.1 Å². The molecule has 1 atom stereocenters. The number of hydrogen-bond donors (Lipinski definition) is 0. The fraction of sp³-hybridized carbons (Fsp3) is 1.00. The molecule has 0 N–H and O–H groups in total. The van der Waals surface area contributed by atoms with Crippen LogP contribution in [-0.2, 0) is 4.74 Å². The zero-order chi connectivity index (χ0) is 10.5. The molecule has 0 aliphatic rings. The molecule has 0 saturated heterocycles. The lowest BCUT2D eigenvalue weighted by Crippen LogP contribution is -2.29. The number of ether oxygens (including phenoxy) is 1. The van der Waals surface area contributed by atoms with E-state index in [0.29, 0.717) is 5.41 Å². The van der Waals surface area contributed by atoms with E-state index in [2.05, 4.69) is 59.3 Å². The van der Waals surface area contributed by atoms with Gasteiger partial charge in [0.15, 0.2) is 0 Å². The minimum atomic E-state index is -0.0157. The van der Waals surface area contributed by atoms with E-state index in [9.17, 15) is 0 Å². The SMILES string of the molecule is CCOC(C)(I)CC(C)(C)CCBr. The molecule has 3 heteroatoms. The summed E-state index contributed by atoms with van der Waals surface area (Å²) in [7, 11) is 0. The number of rotatable bonds is 6. The maximum Gasteiger partial charge on any atom is 0.116 e. The van der Waals surface area contributed by atoms with Crippen molar-refractivity contribution < 1.29 is 4.74 Å². The van der Waals surface area contributed by atoms with E-state index in [1.807, 2.05) is 6.92 Å². The van der Waals surface area contributed by atoms with Gasteiger partial charge in [0.25, 0.3) is 0 Å². The van der Waals surface area contributed by atoms with Crippen LogP contribution in [0, 0.1) is 5.41 Å². The van der Waals surface area contributed by atoms with Crippen molar-refractivity contribution in [1.82, 2.24) is 0 Å². The van der Waals surface area contributed by atoms with Gasteiger partial charge in [-0.05, 0) is 54.7 Å². The highest BCUT2D eigenvalue weighted by molar-refractivity contribution is 14.1. The summed E-state index contributed by atoms with van der Waals surface area (Å²) in [6.45, 7) is 9.60. The first kappa shape index (κ1) is 14.2. The molecule has 1 nitrogen and oxygen atoms in total. The lowest BCUT2D eigenvalue weighted by molar-refractivity contribution is 0.0288. The van der Waals surface area contributed by atoms with Crippen LogP contribution in [0.3, 0.4) is 0 Å². The fourth-order valence-electron chi connectivity index (χ4n) is 1.55. The Morgan fingerprint density at radius 2 is 1.85 bits per heavy atom. The molecule has 0 aromatic heterocycles. The van der Waals surface area contributed by atoms with E-state index in [0.717, 1.165) is 18.4 Å². The second-order valence-corrected chi connectivity index (χ2v) is 7.39. The van der Waals surface area contributed by atoms with Gasteiger partial charge in [-0.2, -0.15) is 0 Å². The zero-order valence-corrected chi connectivity index (χ0v) is 12.7. The van der Waals surface area contributed by atoms with Crippen LogP contribution in [0.25, 0.3) is 0 Å². The van der Waals surface area contributed by atoms with E-state index < -0.39 is 0 Å². The van der Waals surface area contributed by atoms with E-state index in [1.165, 1.54) is 6.42 Å². The van der Waals surface area contributed by atoms with Crippen molar-refractivity contribution in [2.24, 2.45) is 5.41 Å². The van der Waals surface area contributed by atoms with Gasteiger partial charge in [0.05, 0.1) is 0 Å². The molecule has 0 saturated carbocycles. The summed E-state index contributed by atoms with van der Waals surface area (Å²) in [6.07, 6.45) is 2.29. The van der Waals surface area contributed by atoms with Gasteiger partial charge >= 0.3 is 0 Å². The summed E-state index contributed by atoms with van der Waals surface area (Å²) < 4.78 is 5.67. The maximum absolute atomic E-state index is 5.68. The summed E-state index contributed by atoms with van der Waals surface area (Å²) in [5.74, 6) is 0. The normalized spacial score (nSPS) is 17.1. The minimum absolute atomic E-state index is 0.0157. The molecule has 0 aromatic rings. The Labute approximate surface area is 104 Å². The van der Waals surface area contributed by atoms with Crippen LogP contribution in [-0.4, -0.2) is 15.5 Å². The second-order valence-electron chi connectivity index (χ2n) is 4.31. The van der Waals surface area contributed by atoms with Crippen molar-refractivity contribution >= 4 is 38.5 Å². The van der Waals surface area contributed by atoms with Gasteiger partial charge in [0, 0.05) is 11.9 Å². The topological polar surface area (TPSA) is 9.23 Å². The monoisotopic (exact) mass is 362 g/mol. The molecule has 0 amide bonds. The van der Waals surface area contributed by atoms with Crippen LogP contribution in [0.5, 0.6) is 0 Å². The van der Waals surface area contributed by atoms with Crippen molar-refractivity contribution in [1.29, 1.82) is 0 Å². The van der Waals surface area contributed by atoms with E-state index in [-0.39, 0.29) is 3.61 Å². The predicted octanol–water partition coefficient (Wildman–Crippen LogP) is 4.38. The second kappa shape index (κ2) is 5.91. The fourth-order valence-corrected chi connectivity index (χ4v) is 3.97. The third-order valence-corrected chi connectivity index (χ3v) is 3.10. The van der Waals surface area contributed by atoms with Gasteiger partial charge in [-0.25, -0.2) is 0 Å². The first-order valence-corrected chi connectivity index (χ1v) is 6.92. The van der Waals surface area contributed by atoms with Crippen LogP contribution in [0.15, 0.2) is 0 Å². The molecule has 0 radical (unpaired) electrons. The molecule has 1 unspecified atom stereocenters. The van der Waals surface area contributed by atoms with Crippen molar-refractivity contribution in [3.63, 3.8) is 0 Å². The lowest BCUT2D eigenvalue weighted by atomic mass is 9.84. The van der Waals surface area contributed by atoms with Crippen molar-refractivity contribution in [2.75, 3.05) is 11.9 Å². The first-order chi connectivity index (χ1) is 5.83.